The summed E-state index contributed by atoms with van der Waals surface area (Å²) in [4.78, 5) is 173. The summed E-state index contributed by atoms with van der Waals surface area (Å²) in [5.74, 6) is -17.0. The molecule has 0 aromatic rings. The minimum absolute atomic E-state index is 0.0387. The van der Waals surface area contributed by atoms with E-state index in [4.69, 9.17) is 22.9 Å². The molecule has 0 aromatic carbocycles. The standard InChI is InChI=1S/C57H104N16O16/c1-16-28(8)37-51(86)71-38(29(9)75)50(85)63-23-35(76)68-41(43(78)44(59)79)54(89)67-34(24-74)49(84)69-36(26(4)5)39(72-48(83)33(22-57(13,14)15)66-45(80)30(58)21-56(10,11)12)52(87)73-40(42(77)27(6)7)53(88)65-32(20-25(2)3)47(82)64-31(46(81)70-37)18-17-19-62-55(60)61/h25-34,36-43,74-75,77-78H,16-24,58H2,1-15H3,(H2,59,79)(H,63,85)(H,64,82)(H,65,88)(H,66,80)(H,67,89)(H,68,76)(H,69,84)(H,70,81)(H,71,86)(H,72,83)(H,73,87)(H4,60,61,62)/t28-,29-,30+,31+,32-,33-,34?,36+,37-,38-,39-,40-,41-,42+,43-/m0/s1. The van der Waals surface area contributed by atoms with Gasteiger partial charge in [-0.2, -0.15) is 0 Å². The molecule has 0 spiro atoms. The predicted octanol–water partition coefficient (Wildman–Crippen LogP) is -5.80. The molecule has 32 nitrogen and oxygen atoms in total. The van der Waals surface area contributed by atoms with E-state index in [1.165, 1.54) is 27.7 Å². The lowest BCUT2D eigenvalue weighted by Crippen LogP contribution is -2.68. The molecule has 0 bridgehead atoms. The van der Waals surface area contributed by atoms with E-state index in [1.54, 1.807) is 48.5 Å². The van der Waals surface area contributed by atoms with E-state index in [0.29, 0.717) is 0 Å². The van der Waals surface area contributed by atoms with Crippen LogP contribution >= 0.6 is 0 Å². The van der Waals surface area contributed by atoms with Gasteiger partial charge in [-0.1, -0.05) is 103 Å². The molecule has 1 aliphatic rings. The number of aliphatic imine (C=N–C) groups is 1. The normalized spacial score (nSPS) is 25.2. The first-order chi connectivity index (χ1) is 41.0. The molecule has 508 valence electrons. The first kappa shape index (κ1) is 79.7. The molecule has 1 unspecified atom stereocenters. The molecule has 0 aliphatic carbocycles. The van der Waals surface area contributed by atoms with E-state index in [0.717, 1.165) is 6.92 Å². The van der Waals surface area contributed by atoms with E-state index in [-0.39, 0.29) is 56.9 Å². The number of carbonyl (C=O) groups is 12. The first-order valence-electron chi connectivity index (χ1n) is 30.0. The van der Waals surface area contributed by atoms with Crippen LogP contribution in [0.1, 0.15) is 142 Å². The third-order valence-corrected chi connectivity index (χ3v) is 14.4. The predicted molar refractivity (Wildman–Crippen MR) is 327 cm³/mol. The van der Waals surface area contributed by atoms with Crippen molar-refractivity contribution in [2.75, 3.05) is 19.7 Å². The molecule has 0 saturated carbocycles. The van der Waals surface area contributed by atoms with Crippen LogP contribution in [0.5, 0.6) is 0 Å². The molecule has 32 heteroatoms. The highest BCUT2D eigenvalue weighted by molar-refractivity contribution is 6.00. The van der Waals surface area contributed by atoms with Gasteiger partial charge in [-0.25, -0.2) is 0 Å². The van der Waals surface area contributed by atoms with E-state index in [1.807, 2.05) is 26.1 Å². The van der Waals surface area contributed by atoms with Gasteiger partial charge in [-0.05, 0) is 73.5 Å². The summed E-state index contributed by atoms with van der Waals surface area (Å²) < 4.78 is 0. The number of nitrogens with one attached hydrogen (secondary N) is 11. The maximum atomic E-state index is 15.2. The number of aliphatic hydroxyl groups excluding tert-OH is 4. The summed E-state index contributed by atoms with van der Waals surface area (Å²) >= 11 is 0. The number of primary amides is 1. The van der Waals surface area contributed by atoms with Gasteiger partial charge >= 0.3 is 0 Å². The average molecular weight is 1270 g/mol. The van der Waals surface area contributed by atoms with E-state index in [2.05, 4.69) is 58.2 Å². The van der Waals surface area contributed by atoms with Crippen molar-refractivity contribution in [1.29, 1.82) is 0 Å². The zero-order chi connectivity index (χ0) is 68.7. The Morgan fingerprint density at radius 2 is 1.12 bits per heavy atom. The number of hydrogen-bond donors (Lipinski definition) is 19. The molecule has 15 atom stereocenters. The van der Waals surface area contributed by atoms with Crippen molar-refractivity contribution in [1.82, 2.24) is 58.5 Å². The third kappa shape index (κ3) is 27.6. The van der Waals surface area contributed by atoms with Crippen LogP contribution in [0.4, 0.5) is 0 Å². The summed E-state index contributed by atoms with van der Waals surface area (Å²) in [6, 6.07) is -18.9. The Labute approximate surface area is 521 Å². The second-order valence-electron chi connectivity index (χ2n) is 26.3. The van der Waals surface area contributed by atoms with Crippen molar-refractivity contribution in [2.45, 2.75) is 227 Å². The molecule has 12 amide bonds. The van der Waals surface area contributed by atoms with Gasteiger partial charge in [-0.15, -0.1) is 0 Å². The highest BCUT2D eigenvalue weighted by Gasteiger charge is 2.43. The maximum Gasteiger partial charge on any atom is 0.248 e. The number of nitrogens with two attached hydrogens (primary N) is 4. The van der Waals surface area contributed by atoms with Gasteiger partial charge in [0.1, 0.15) is 54.4 Å². The SMILES string of the molecule is CC[C@H](C)[C@@H]1NC(=O)[C@@H](CCCN=C(N)N)NC(=O)[C@H](CC(C)C)NC(=O)[C@H]([C@H](O)C(C)C)NC(=O)[C@@H](NC(=O)[C@H](CC(C)(C)C)NC(=O)[C@H](N)CC(C)(C)C)[C@@H](C(C)C)NC(=O)C(CO)NC(=O)[C@H]([C@H](O)C(N)=O)NC(=O)CNC(=O)[C@H]([C@H](C)O)NC1=O. The van der Waals surface area contributed by atoms with Crippen LogP contribution in [0.25, 0.3) is 0 Å². The molecule has 1 fully saturated rings. The third-order valence-electron chi connectivity index (χ3n) is 14.4. The van der Waals surface area contributed by atoms with Gasteiger partial charge in [0, 0.05) is 6.54 Å². The summed E-state index contributed by atoms with van der Waals surface area (Å²) in [7, 11) is 0. The summed E-state index contributed by atoms with van der Waals surface area (Å²) in [5, 5.41) is 70.7. The number of rotatable bonds is 21. The van der Waals surface area contributed by atoms with Crippen LogP contribution in [-0.4, -0.2) is 202 Å². The van der Waals surface area contributed by atoms with Crippen molar-refractivity contribution in [3.63, 3.8) is 0 Å². The fraction of sp³-hybridized carbons (Fsp3) is 0.772. The molecule has 23 N–H and O–H groups in total. The van der Waals surface area contributed by atoms with Crippen LogP contribution in [0.3, 0.4) is 0 Å². The minimum atomic E-state index is -2.54. The highest BCUT2D eigenvalue weighted by Crippen LogP contribution is 2.24. The lowest BCUT2D eigenvalue weighted by molar-refractivity contribution is -0.140. The monoisotopic (exact) mass is 1270 g/mol. The zero-order valence-electron chi connectivity index (χ0n) is 54.2. The number of amides is 12. The van der Waals surface area contributed by atoms with Crippen LogP contribution < -0.4 is 81.4 Å². The van der Waals surface area contributed by atoms with Crippen molar-refractivity contribution in [2.24, 2.45) is 62.4 Å². The smallest absolute Gasteiger partial charge is 0.248 e. The maximum absolute atomic E-state index is 15.2. The van der Waals surface area contributed by atoms with Gasteiger partial charge in [0.2, 0.25) is 70.9 Å². The van der Waals surface area contributed by atoms with E-state index >= 15 is 4.79 Å². The van der Waals surface area contributed by atoms with Crippen LogP contribution in [0.15, 0.2) is 4.99 Å². The van der Waals surface area contributed by atoms with Crippen molar-refractivity contribution < 1.29 is 78.0 Å². The van der Waals surface area contributed by atoms with Gasteiger partial charge in [-0.3, -0.25) is 62.5 Å². The second-order valence-corrected chi connectivity index (χ2v) is 26.3. The second kappa shape index (κ2) is 36.4. The summed E-state index contributed by atoms with van der Waals surface area (Å²) in [6.07, 6.45) is -5.87. The minimum Gasteiger partial charge on any atom is -0.394 e. The quantitative estimate of drug-likeness (QED) is 0.0289. The number of nitrogens with zero attached hydrogens (tertiary/aromatic N) is 1. The Morgan fingerprint density at radius 3 is 1.62 bits per heavy atom. The van der Waals surface area contributed by atoms with Gasteiger partial charge in [0.25, 0.3) is 0 Å². The highest BCUT2D eigenvalue weighted by atomic mass is 16.3. The Hall–Kier alpha value is -7.29. The molecule has 0 radical (unpaired) electrons. The summed E-state index contributed by atoms with van der Waals surface area (Å²) in [5.41, 5.74) is 21.6. The van der Waals surface area contributed by atoms with Crippen molar-refractivity contribution in [3.05, 3.63) is 0 Å². The number of hydrogen-bond acceptors (Lipinski definition) is 18. The number of aliphatic hydroxyl groups is 4. The molecule has 89 heavy (non-hydrogen) atoms. The zero-order valence-corrected chi connectivity index (χ0v) is 54.2. The Balaban J connectivity index is 4.48. The first-order valence-corrected chi connectivity index (χ1v) is 30.0. The average Bonchev–Trinajstić information content (AvgIpc) is 1.11. The molecule has 1 saturated heterocycles. The van der Waals surface area contributed by atoms with Crippen molar-refractivity contribution in [3.8, 4) is 0 Å². The lowest BCUT2D eigenvalue weighted by atomic mass is 9.86. The van der Waals surface area contributed by atoms with Crippen LogP contribution in [-0.2, 0) is 57.5 Å². The van der Waals surface area contributed by atoms with Crippen LogP contribution in [0.2, 0.25) is 0 Å². The van der Waals surface area contributed by atoms with Crippen LogP contribution in [0, 0.1) is 34.5 Å². The van der Waals surface area contributed by atoms with Gasteiger partial charge < -0.3 is 102 Å². The van der Waals surface area contributed by atoms with Crippen molar-refractivity contribution >= 4 is 76.8 Å². The molecule has 1 rings (SSSR count). The molecular formula is C57H104N16O16. The lowest BCUT2D eigenvalue weighted by Gasteiger charge is -2.36. The van der Waals surface area contributed by atoms with Gasteiger partial charge in [0.05, 0.1) is 37.4 Å². The fourth-order valence-corrected chi connectivity index (χ4v) is 9.28. The van der Waals surface area contributed by atoms with Gasteiger partial charge in [0.15, 0.2) is 12.1 Å². The number of guanidine groups is 1. The molecule has 1 heterocycles. The number of carbonyl (C=O) groups excluding carboxylic acids is 12. The summed E-state index contributed by atoms with van der Waals surface area (Å²) in [6.45, 7) is 22.3. The molecule has 1 aliphatic heterocycles. The Bertz CT molecular complexity index is 2480. The Kier molecular flexibility index (Phi) is 32.6. The van der Waals surface area contributed by atoms with E-state index in [9.17, 15) is 73.2 Å². The largest absolute Gasteiger partial charge is 0.394 e. The molecule has 0 aromatic heterocycles. The van der Waals surface area contributed by atoms with E-state index < -0.39 is 197 Å². The Morgan fingerprint density at radius 1 is 0.618 bits per heavy atom. The molecular weight excluding hydrogens is 1160 g/mol. The topological polar surface area (TPSA) is 535 Å². The fourth-order valence-electron chi connectivity index (χ4n) is 9.28.